The second-order valence-corrected chi connectivity index (χ2v) is 7.54. The van der Waals surface area contributed by atoms with Gasteiger partial charge in [-0.25, -0.2) is 13.1 Å². The smallest absolute Gasteiger partial charge is 0.241 e. The van der Waals surface area contributed by atoms with Crippen molar-refractivity contribution >= 4 is 33.1 Å². The molecule has 0 saturated heterocycles. The highest BCUT2D eigenvalue weighted by Crippen LogP contribution is 2.21. The zero-order valence-corrected chi connectivity index (χ0v) is 12.8. The molecule has 0 bridgehead atoms. The molecular formula is C11H19NO3S3. The number of aliphatic hydroxyl groups excluding tert-OH is 1. The van der Waals surface area contributed by atoms with E-state index in [1.54, 1.807) is 17.1 Å². The molecule has 1 rings (SSSR count). The zero-order chi connectivity index (χ0) is 13.4. The van der Waals surface area contributed by atoms with Crippen LogP contribution in [0, 0.1) is 0 Å². The topological polar surface area (TPSA) is 66.4 Å². The number of hydrogen-bond donors (Lipinski definition) is 2. The minimum absolute atomic E-state index is 0.208. The van der Waals surface area contributed by atoms with Gasteiger partial charge in [-0.2, -0.15) is 11.8 Å². The minimum Gasteiger partial charge on any atom is -0.391 e. The first-order chi connectivity index (χ1) is 8.61. The van der Waals surface area contributed by atoms with Crippen LogP contribution in [0.15, 0.2) is 16.3 Å². The van der Waals surface area contributed by atoms with Crippen LogP contribution < -0.4 is 4.72 Å². The molecule has 0 aliphatic rings. The van der Waals surface area contributed by atoms with Gasteiger partial charge in [0.25, 0.3) is 0 Å². The number of sulfonamides is 1. The molecule has 18 heavy (non-hydrogen) atoms. The van der Waals surface area contributed by atoms with Crippen molar-refractivity contribution in [3.8, 4) is 0 Å². The van der Waals surface area contributed by atoms with Crippen molar-refractivity contribution in [2.24, 2.45) is 0 Å². The molecule has 0 saturated carbocycles. The third-order valence-corrected chi connectivity index (χ3v) is 5.73. The molecular weight excluding hydrogens is 290 g/mol. The summed E-state index contributed by atoms with van der Waals surface area (Å²) >= 11 is 3.06. The number of aliphatic hydroxyl groups is 1. The molecule has 0 fully saturated rings. The Bertz CT molecular complexity index is 442. The van der Waals surface area contributed by atoms with Crippen molar-refractivity contribution < 1.29 is 13.5 Å². The van der Waals surface area contributed by atoms with Crippen LogP contribution in [0.5, 0.6) is 0 Å². The lowest BCUT2D eigenvalue weighted by Crippen LogP contribution is -2.25. The van der Waals surface area contributed by atoms with E-state index in [2.05, 4.69) is 11.0 Å². The minimum atomic E-state index is -3.46. The summed E-state index contributed by atoms with van der Waals surface area (Å²) in [5.41, 5.74) is 0. The van der Waals surface area contributed by atoms with Crippen molar-refractivity contribution in [2.45, 2.75) is 30.8 Å². The molecule has 7 heteroatoms. The van der Waals surface area contributed by atoms with Crippen LogP contribution in [0.4, 0.5) is 0 Å². The van der Waals surface area contributed by atoms with E-state index in [-0.39, 0.29) is 11.5 Å². The molecule has 0 spiro atoms. The SMILES string of the molecule is CSCCCCCNS(=O)(=O)c1ccsc1CO. The Morgan fingerprint density at radius 3 is 2.83 bits per heavy atom. The molecule has 0 amide bonds. The van der Waals surface area contributed by atoms with E-state index in [1.165, 1.54) is 17.4 Å². The Morgan fingerprint density at radius 1 is 1.39 bits per heavy atom. The molecule has 4 nitrogen and oxygen atoms in total. The average Bonchev–Trinajstić information content (AvgIpc) is 2.82. The maximum Gasteiger partial charge on any atom is 0.241 e. The summed E-state index contributed by atoms with van der Waals surface area (Å²) in [6, 6.07) is 1.53. The van der Waals surface area contributed by atoms with Gasteiger partial charge in [0.15, 0.2) is 0 Å². The normalized spacial score (nSPS) is 11.9. The number of thioether (sulfide) groups is 1. The molecule has 0 atom stereocenters. The number of rotatable bonds is 9. The number of unbranched alkanes of at least 4 members (excludes halogenated alkanes) is 2. The predicted molar refractivity (Wildman–Crippen MR) is 77.7 cm³/mol. The van der Waals surface area contributed by atoms with Crippen molar-refractivity contribution in [1.29, 1.82) is 0 Å². The average molecular weight is 309 g/mol. The van der Waals surface area contributed by atoms with Crippen LogP contribution in [-0.4, -0.2) is 32.1 Å². The summed E-state index contributed by atoms with van der Waals surface area (Å²) in [6.45, 7) is 0.221. The summed E-state index contributed by atoms with van der Waals surface area (Å²) < 4.78 is 26.5. The Labute approximate surface area is 117 Å². The van der Waals surface area contributed by atoms with Gasteiger partial charge in [0.2, 0.25) is 10.0 Å². The van der Waals surface area contributed by atoms with Crippen LogP contribution >= 0.6 is 23.1 Å². The van der Waals surface area contributed by atoms with E-state index in [4.69, 9.17) is 5.11 Å². The van der Waals surface area contributed by atoms with Gasteiger partial charge in [-0.05, 0) is 36.3 Å². The third-order valence-electron chi connectivity index (χ3n) is 2.45. The maximum atomic E-state index is 11.9. The van der Waals surface area contributed by atoms with Crippen molar-refractivity contribution in [1.82, 2.24) is 4.72 Å². The Balaban J connectivity index is 2.41. The van der Waals surface area contributed by atoms with Crippen LogP contribution in [0.25, 0.3) is 0 Å². The molecule has 0 aliphatic heterocycles. The largest absolute Gasteiger partial charge is 0.391 e. The molecule has 0 aromatic carbocycles. The Morgan fingerprint density at radius 2 is 2.17 bits per heavy atom. The number of hydrogen-bond acceptors (Lipinski definition) is 5. The fourth-order valence-corrected chi connectivity index (χ4v) is 4.38. The van der Waals surface area contributed by atoms with Crippen LogP contribution in [0.2, 0.25) is 0 Å². The molecule has 0 radical (unpaired) electrons. The summed E-state index contributed by atoms with van der Waals surface area (Å²) in [7, 11) is -3.46. The quantitative estimate of drug-likeness (QED) is 0.685. The van der Waals surface area contributed by atoms with Gasteiger partial charge >= 0.3 is 0 Å². The maximum absolute atomic E-state index is 11.9. The second kappa shape index (κ2) is 8.16. The summed E-state index contributed by atoms with van der Waals surface area (Å²) in [4.78, 5) is 0.698. The Kier molecular flexibility index (Phi) is 7.25. The van der Waals surface area contributed by atoms with Gasteiger partial charge in [0.05, 0.1) is 11.5 Å². The van der Waals surface area contributed by atoms with Gasteiger partial charge in [-0.3, -0.25) is 0 Å². The monoisotopic (exact) mass is 309 g/mol. The van der Waals surface area contributed by atoms with Crippen molar-refractivity contribution in [3.63, 3.8) is 0 Å². The first-order valence-electron chi connectivity index (χ1n) is 5.77. The first kappa shape index (κ1) is 16.0. The van der Waals surface area contributed by atoms with Gasteiger partial charge in [-0.1, -0.05) is 6.42 Å². The van der Waals surface area contributed by atoms with Gasteiger partial charge in [0, 0.05) is 11.4 Å². The lowest BCUT2D eigenvalue weighted by atomic mass is 10.2. The molecule has 2 N–H and O–H groups in total. The molecule has 1 heterocycles. The highest BCUT2D eigenvalue weighted by molar-refractivity contribution is 7.98. The molecule has 1 aromatic heterocycles. The molecule has 0 aliphatic carbocycles. The van der Waals surface area contributed by atoms with Crippen LogP contribution in [0.3, 0.4) is 0 Å². The van der Waals surface area contributed by atoms with E-state index < -0.39 is 10.0 Å². The van der Waals surface area contributed by atoms with Crippen LogP contribution in [0.1, 0.15) is 24.1 Å². The second-order valence-electron chi connectivity index (χ2n) is 3.82. The first-order valence-corrected chi connectivity index (χ1v) is 9.53. The van der Waals surface area contributed by atoms with E-state index in [0.717, 1.165) is 25.0 Å². The molecule has 0 unspecified atom stereocenters. The number of thiophene rings is 1. The molecule has 1 aromatic rings. The lowest BCUT2D eigenvalue weighted by molar-refractivity contribution is 0.282. The van der Waals surface area contributed by atoms with E-state index >= 15 is 0 Å². The van der Waals surface area contributed by atoms with Gasteiger partial charge < -0.3 is 5.11 Å². The third kappa shape index (κ3) is 4.89. The predicted octanol–water partition coefficient (Wildman–Crippen LogP) is 2.05. The highest BCUT2D eigenvalue weighted by Gasteiger charge is 2.18. The summed E-state index contributed by atoms with van der Waals surface area (Å²) in [5.74, 6) is 1.12. The highest BCUT2D eigenvalue weighted by atomic mass is 32.2. The zero-order valence-electron chi connectivity index (χ0n) is 10.4. The van der Waals surface area contributed by atoms with Gasteiger partial charge in [-0.15, -0.1) is 11.3 Å². The summed E-state index contributed by atoms with van der Waals surface area (Å²) in [5, 5.41) is 10.7. The van der Waals surface area contributed by atoms with Crippen molar-refractivity contribution in [3.05, 3.63) is 16.3 Å². The summed E-state index contributed by atoms with van der Waals surface area (Å²) in [6.07, 6.45) is 5.05. The number of nitrogens with one attached hydrogen (secondary N) is 1. The van der Waals surface area contributed by atoms with Crippen molar-refractivity contribution in [2.75, 3.05) is 18.6 Å². The lowest BCUT2D eigenvalue weighted by Gasteiger charge is -2.06. The Hall–Kier alpha value is -0.0800. The fourth-order valence-electron chi connectivity index (χ4n) is 1.52. The van der Waals surface area contributed by atoms with Gasteiger partial charge in [0.1, 0.15) is 0 Å². The molecule has 104 valence electrons. The van der Waals surface area contributed by atoms with E-state index in [0.29, 0.717) is 11.4 Å². The van der Waals surface area contributed by atoms with E-state index in [9.17, 15) is 8.42 Å². The van der Waals surface area contributed by atoms with Crippen LogP contribution in [-0.2, 0) is 16.6 Å². The standard InChI is InChI=1S/C11H19NO3S3/c1-16-7-4-2-3-6-12-18(14,15)11-5-8-17-10(11)9-13/h5,8,12-13H,2-4,6-7,9H2,1H3. The fraction of sp³-hybridized carbons (Fsp3) is 0.636. The van der Waals surface area contributed by atoms with E-state index in [1.807, 2.05) is 0 Å².